The van der Waals surface area contributed by atoms with Gasteiger partial charge in [-0.2, -0.15) is 0 Å². The fourth-order valence-corrected chi connectivity index (χ4v) is 0.498. The second-order valence-corrected chi connectivity index (χ2v) is 2.26. The van der Waals surface area contributed by atoms with Crippen LogP contribution in [0.5, 0.6) is 0 Å². The summed E-state index contributed by atoms with van der Waals surface area (Å²) in [6.07, 6.45) is 1.95. The third-order valence-electron chi connectivity index (χ3n) is 1.19. The van der Waals surface area contributed by atoms with E-state index >= 15 is 0 Å². The Hall–Kier alpha value is -1.05. The van der Waals surface area contributed by atoms with E-state index in [9.17, 15) is 4.79 Å². The van der Waals surface area contributed by atoms with E-state index in [2.05, 4.69) is 13.2 Å². The van der Waals surface area contributed by atoms with Crippen molar-refractivity contribution in [3.05, 3.63) is 24.9 Å². The number of nitrogens with zero attached hydrogens (tertiary/aromatic N) is 1. The average Bonchev–Trinajstić information content (AvgIpc) is 1.87. The second-order valence-electron chi connectivity index (χ2n) is 2.26. The zero-order valence-electron chi connectivity index (χ0n) is 6.55. The maximum absolute atomic E-state index is 11.0. The minimum Gasteiger partial charge on any atom is -0.375 e. The van der Waals surface area contributed by atoms with E-state index in [-0.39, 0.29) is 5.78 Å². The topological polar surface area (TPSA) is 20.3 Å². The first kappa shape index (κ1) is 8.95. The highest BCUT2D eigenvalue weighted by Gasteiger charge is 2.04. The fourth-order valence-electron chi connectivity index (χ4n) is 0.498. The van der Waals surface area contributed by atoms with Gasteiger partial charge in [0.2, 0.25) is 0 Å². The molecule has 0 fully saturated rings. The van der Waals surface area contributed by atoms with Crippen LogP contribution in [0.4, 0.5) is 0 Å². The molecular weight excluding hydrogens is 126 g/mol. The SMILES string of the molecule is C=CCC(=O)C(=C)N(C)C. The Bertz CT molecular complexity index is 159. The number of likely N-dealkylation sites (N-methyl/N-ethyl adjacent to an activating group) is 1. The third kappa shape index (κ3) is 2.49. The van der Waals surface area contributed by atoms with Gasteiger partial charge < -0.3 is 4.90 Å². The molecule has 0 aliphatic heterocycles. The number of hydrogen-bond acceptors (Lipinski definition) is 2. The van der Waals surface area contributed by atoms with Gasteiger partial charge in [-0.05, 0) is 0 Å². The molecule has 0 aromatic carbocycles. The number of carbonyl (C=O) groups excluding carboxylic acids is 1. The van der Waals surface area contributed by atoms with Gasteiger partial charge >= 0.3 is 0 Å². The van der Waals surface area contributed by atoms with Gasteiger partial charge in [0.25, 0.3) is 0 Å². The Morgan fingerprint density at radius 1 is 1.60 bits per heavy atom. The van der Waals surface area contributed by atoms with Gasteiger partial charge in [-0.25, -0.2) is 0 Å². The summed E-state index contributed by atoms with van der Waals surface area (Å²) in [5, 5.41) is 0. The Labute approximate surface area is 61.8 Å². The number of hydrogen-bond donors (Lipinski definition) is 0. The van der Waals surface area contributed by atoms with Gasteiger partial charge in [-0.15, -0.1) is 6.58 Å². The summed E-state index contributed by atoms with van der Waals surface area (Å²) in [6.45, 7) is 7.06. The van der Waals surface area contributed by atoms with E-state index in [0.29, 0.717) is 12.1 Å². The first-order chi connectivity index (χ1) is 4.59. The van der Waals surface area contributed by atoms with Crippen molar-refractivity contribution in [1.82, 2.24) is 4.90 Å². The largest absolute Gasteiger partial charge is 0.375 e. The highest BCUT2D eigenvalue weighted by atomic mass is 16.1. The molecule has 10 heavy (non-hydrogen) atoms. The number of Topliss-reactive ketones (excluding diaryl/α,β-unsaturated/α-hetero) is 1. The number of allylic oxidation sites excluding steroid dienone is 2. The molecule has 0 aromatic rings. The first-order valence-electron chi connectivity index (χ1n) is 3.10. The first-order valence-corrected chi connectivity index (χ1v) is 3.10. The van der Waals surface area contributed by atoms with Crippen LogP contribution in [-0.2, 0) is 4.79 Å². The summed E-state index contributed by atoms with van der Waals surface area (Å²) in [7, 11) is 3.59. The molecule has 0 radical (unpaired) electrons. The molecule has 0 aliphatic rings. The lowest BCUT2D eigenvalue weighted by molar-refractivity contribution is -0.115. The number of rotatable bonds is 4. The van der Waals surface area contributed by atoms with Crippen molar-refractivity contribution in [3.8, 4) is 0 Å². The molecule has 0 aromatic heterocycles. The van der Waals surface area contributed by atoms with E-state index in [1.54, 1.807) is 25.1 Å². The van der Waals surface area contributed by atoms with Gasteiger partial charge in [-0.3, -0.25) is 4.79 Å². The van der Waals surface area contributed by atoms with Crippen molar-refractivity contribution in [3.63, 3.8) is 0 Å². The van der Waals surface area contributed by atoms with E-state index in [1.807, 2.05) is 0 Å². The van der Waals surface area contributed by atoms with Crippen molar-refractivity contribution >= 4 is 5.78 Å². The van der Waals surface area contributed by atoms with Crippen molar-refractivity contribution in [1.29, 1.82) is 0 Å². The second kappa shape index (κ2) is 3.88. The van der Waals surface area contributed by atoms with Crippen LogP contribution in [0.1, 0.15) is 6.42 Å². The summed E-state index contributed by atoms with van der Waals surface area (Å²) >= 11 is 0. The van der Waals surface area contributed by atoms with Gasteiger partial charge in [-0.1, -0.05) is 12.7 Å². The third-order valence-corrected chi connectivity index (χ3v) is 1.19. The highest BCUT2D eigenvalue weighted by molar-refractivity contribution is 5.94. The van der Waals surface area contributed by atoms with Gasteiger partial charge in [0.1, 0.15) is 0 Å². The standard InChI is InChI=1S/C8H13NO/c1-5-6-8(10)7(2)9(3)4/h5H,1-2,6H2,3-4H3. The summed E-state index contributed by atoms with van der Waals surface area (Å²) in [5.41, 5.74) is 0.528. The van der Waals surface area contributed by atoms with Crippen LogP contribution in [0, 0.1) is 0 Å². The molecule has 0 amide bonds. The Morgan fingerprint density at radius 3 is 2.40 bits per heavy atom. The number of carbonyl (C=O) groups is 1. The normalized spacial score (nSPS) is 8.60. The molecule has 0 atom stereocenters. The molecule has 0 spiro atoms. The molecule has 0 unspecified atom stereocenters. The van der Waals surface area contributed by atoms with Crippen LogP contribution in [0.3, 0.4) is 0 Å². The molecule has 56 valence electrons. The van der Waals surface area contributed by atoms with Crippen molar-refractivity contribution in [2.75, 3.05) is 14.1 Å². The summed E-state index contributed by atoms with van der Waals surface area (Å²) in [6, 6.07) is 0. The van der Waals surface area contributed by atoms with Crippen LogP contribution < -0.4 is 0 Å². The predicted octanol–water partition coefficient (Wildman–Crippen LogP) is 1.21. The maximum Gasteiger partial charge on any atom is 0.181 e. The van der Waals surface area contributed by atoms with E-state index in [1.165, 1.54) is 0 Å². The Balaban J connectivity index is 3.95. The van der Waals surface area contributed by atoms with Gasteiger partial charge in [0.15, 0.2) is 5.78 Å². The van der Waals surface area contributed by atoms with Crippen molar-refractivity contribution < 1.29 is 4.79 Å². The van der Waals surface area contributed by atoms with Crippen LogP contribution in [0.2, 0.25) is 0 Å². The lowest BCUT2D eigenvalue weighted by Gasteiger charge is -2.12. The van der Waals surface area contributed by atoms with Gasteiger partial charge in [0, 0.05) is 20.5 Å². The molecule has 0 heterocycles. The van der Waals surface area contributed by atoms with E-state index in [0.717, 1.165) is 0 Å². The molecule has 0 aliphatic carbocycles. The number of ketones is 1. The maximum atomic E-state index is 11.0. The molecule has 2 heteroatoms. The van der Waals surface area contributed by atoms with Crippen LogP contribution in [0.25, 0.3) is 0 Å². The van der Waals surface area contributed by atoms with E-state index < -0.39 is 0 Å². The molecule has 0 rings (SSSR count). The van der Waals surface area contributed by atoms with Crippen LogP contribution in [-0.4, -0.2) is 24.8 Å². The van der Waals surface area contributed by atoms with E-state index in [4.69, 9.17) is 0 Å². The molecule has 0 N–H and O–H groups in total. The van der Waals surface area contributed by atoms with Crippen molar-refractivity contribution in [2.24, 2.45) is 0 Å². The van der Waals surface area contributed by atoms with Crippen molar-refractivity contribution in [2.45, 2.75) is 6.42 Å². The minimum absolute atomic E-state index is 0.0278. The summed E-state index contributed by atoms with van der Waals surface area (Å²) < 4.78 is 0. The van der Waals surface area contributed by atoms with Gasteiger partial charge in [0.05, 0.1) is 5.70 Å². The zero-order chi connectivity index (χ0) is 8.15. The van der Waals surface area contributed by atoms with Crippen LogP contribution in [0.15, 0.2) is 24.9 Å². The zero-order valence-corrected chi connectivity index (χ0v) is 6.55. The molecule has 2 nitrogen and oxygen atoms in total. The smallest absolute Gasteiger partial charge is 0.181 e. The Morgan fingerprint density at radius 2 is 2.10 bits per heavy atom. The molecule has 0 saturated carbocycles. The quantitative estimate of drug-likeness (QED) is 0.431. The lowest BCUT2D eigenvalue weighted by atomic mass is 10.2. The minimum atomic E-state index is 0.0278. The fraction of sp³-hybridized carbons (Fsp3) is 0.375. The monoisotopic (exact) mass is 139 g/mol. The Kier molecular flexibility index (Phi) is 3.47. The molecule has 0 saturated heterocycles. The molecular formula is C8H13NO. The predicted molar refractivity (Wildman–Crippen MR) is 42.6 cm³/mol. The highest BCUT2D eigenvalue weighted by Crippen LogP contribution is 1.99. The van der Waals surface area contributed by atoms with Crippen LogP contribution >= 0.6 is 0 Å². The summed E-state index contributed by atoms with van der Waals surface area (Å²) in [4.78, 5) is 12.7. The molecule has 0 bridgehead atoms. The summed E-state index contributed by atoms with van der Waals surface area (Å²) in [5.74, 6) is 0.0278. The average molecular weight is 139 g/mol. The lowest BCUT2D eigenvalue weighted by Crippen LogP contribution is -2.17.